The van der Waals surface area contributed by atoms with Crippen molar-refractivity contribution in [3.63, 3.8) is 0 Å². The summed E-state index contributed by atoms with van der Waals surface area (Å²) in [6.45, 7) is 1.00. The first-order chi connectivity index (χ1) is 7.29. The van der Waals surface area contributed by atoms with Crippen molar-refractivity contribution < 1.29 is 17.6 Å². The van der Waals surface area contributed by atoms with Crippen LogP contribution in [0, 0.1) is 0 Å². The number of benzene rings is 1. The fourth-order valence-electron chi connectivity index (χ4n) is 1.56. The molecule has 1 rings (SSSR count). The molecule has 0 bridgehead atoms. The van der Waals surface area contributed by atoms with Gasteiger partial charge in [0.25, 0.3) is 0 Å². The SMILES string of the molecule is CC(F)(CCc1ccccc1)CC(F)(F)F. The molecule has 0 spiro atoms. The maximum absolute atomic E-state index is 13.6. The van der Waals surface area contributed by atoms with Gasteiger partial charge in [0.1, 0.15) is 5.67 Å². The van der Waals surface area contributed by atoms with E-state index in [-0.39, 0.29) is 6.42 Å². The second-order valence-electron chi connectivity index (χ2n) is 4.19. The molecule has 0 radical (unpaired) electrons. The standard InChI is InChI=1S/C12H14F4/c1-11(13,9-12(14,15)16)8-7-10-5-3-2-4-6-10/h2-6H,7-9H2,1H3. The quantitative estimate of drug-likeness (QED) is 0.681. The Morgan fingerprint density at radius 1 is 1.00 bits per heavy atom. The van der Waals surface area contributed by atoms with Gasteiger partial charge in [-0.2, -0.15) is 13.2 Å². The normalized spacial score (nSPS) is 15.8. The molecule has 1 aromatic rings. The summed E-state index contributed by atoms with van der Waals surface area (Å²) in [6, 6.07) is 8.95. The molecule has 0 fully saturated rings. The van der Waals surface area contributed by atoms with E-state index < -0.39 is 18.3 Å². The monoisotopic (exact) mass is 234 g/mol. The molecule has 0 saturated carbocycles. The Morgan fingerprint density at radius 3 is 2.06 bits per heavy atom. The minimum atomic E-state index is -4.44. The van der Waals surface area contributed by atoms with Crippen molar-refractivity contribution in [3.05, 3.63) is 35.9 Å². The van der Waals surface area contributed by atoms with Crippen molar-refractivity contribution in [3.8, 4) is 0 Å². The Balaban J connectivity index is 2.48. The average Bonchev–Trinajstić information content (AvgIpc) is 2.13. The first-order valence-corrected chi connectivity index (χ1v) is 5.08. The van der Waals surface area contributed by atoms with Gasteiger partial charge in [-0.15, -0.1) is 0 Å². The van der Waals surface area contributed by atoms with Crippen LogP contribution in [0.2, 0.25) is 0 Å². The third-order valence-corrected chi connectivity index (χ3v) is 2.35. The summed E-state index contributed by atoms with van der Waals surface area (Å²) in [5.74, 6) is 0. The van der Waals surface area contributed by atoms with E-state index in [0.717, 1.165) is 12.5 Å². The summed E-state index contributed by atoms with van der Waals surface area (Å²) < 4.78 is 49.7. The maximum Gasteiger partial charge on any atom is 0.392 e. The number of alkyl halides is 4. The van der Waals surface area contributed by atoms with Crippen LogP contribution < -0.4 is 0 Å². The molecule has 1 unspecified atom stereocenters. The van der Waals surface area contributed by atoms with Gasteiger partial charge < -0.3 is 0 Å². The number of rotatable bonds is 4. The lowest BCUT2D eigenvalue weighted by Gasteiger charge is -2.21. The van der Waals surface area contributed by atoms with E-state index in [2.05, 4.69) is 0 Å². The molecular formula is C12H14F4. The van der Waals surface area contributed by atoms with Crippen LogP contribution in [-0.4, -0.2) is 11.8 Å². The third-order valence-electron chi connectivity index (χ3n) is 2.35. The Labute approximate surface area is 92.3 Å². The second kappa shape index (κ2) is 4.85. The Morgan fingerprint density at radius 2 is 1.56 bits per heavy atom. The molecule has 16 heavy (non-hydrogen) atoms. The van der Waals surface area contributed by atoms with Gasteiger partial charge in [0, 0.05) is 0 Å². The molecule has 1 atom stereocenters. The molecular weight excluding hydrogens is 220 g/mol. The second-order valence-corrected chi connectivity index (χ2v) is 4.19. The van der Waals surface area contributed by atoms with E-state index in [9.17, 15) is 17.6 Å². The molecule has 0 N–H and O–H groups in total. The molecule has 4 heteroatoms. The molecule has 0 aromatic heterocycles. The topological polar surface area (TPSA) is 0 Å². The molecule has 90 valence electrons. The van der Waals surface area contributed by atoms with Gasteiger partial charge >= 0.3 is 6.18 Å². The van der Waals surface area contributed by atoms with E-state index in [1.165, 1.54) is 0 Å². The Hall–Kier alpha value is -1.06. The minimum Gasteiger partial charge on any atom is -0.244 e. The molecule has 0 amide bonds. The molecule has 0 aliphatic carbocycles. The first-order valence-electron chi connectivity index (χ1n) is 5.08. The highest BCUT2D eigenvalue weighted by atomic mass is 19.4. The Bertz CT molecular complexity index is 314. The summed E-state index contributed by atoms with van der Waals surface area (Å²) >= 11 is 0. The summed E-state index contributed by atoms with van der Waals surface area (Å²) in [4.78, 5) is 0. The van der Waals surface area contributed by atoms with Crippen LogP contribution >= 0.6 is 0 Å². The zero-order valence-corrected chi connectivity index (χ0v) is 9.02. The fourth-order valence-corrected chi connectivity index (χ4v) is 1.56. The van der Waals surface area contributed by atoms with Crippen LogP contribution in [0.3, 0.4) is 0 Å². The largest absolute Gasteiger partial charge is 0.392 e. The average molecular weight is 234 g/mol. The number of hydrogen-bond donors (Lipinski definition) is 0. The zero-order chi connectivity index (χ0) is 12.2. The zero-order valence-electron chi connectivity index (χ0n) is 9.02. The number of aryl methyl sites for hydroxylation is 1. The summed E-state index contributed by atoms with van der Waals surface area (Å²) in [5.41, 5.74) is -1.33. The van der Waals surface area contributed by atoms with E-state index >= 15 is 0 Å². The molecule has 0 heterocycles. The van der Waals surface area contributed by atoms with E-state index in [1.54, 1.807) is 24.3 Å². The van der Waals surface area contributed by atoms with Crippen molar-refractivity contribution in [2.75, 3.05) is 0 Å². The molecule has 0 saturated heterocycles. The van der Waals surface area contributed by atoms with Crippen molar-refractivity contribution in [2.45, 2.75) is 38.0 Å². The fraction of sp³-hybridized carbons (Fsp3) is 0.500. The summed E-state index contributed by atoms with van der Waals surface area (Å²) in [5, 5.41) is 0. The maximum atomic E-state index is 13.6. The van der Waals surface area contributed by atoms with Crippen molar-refractivity contribution >= 4 is 0 Å². The predicted molar refractivity (Wildman–Crippen MR) is 54.9 cm³/mol. The molecule has 0 aliphatic heterocycles. The number of halogens is 4. The van der Waals surface area contributed by atoms with Gasteiger partial charge in [0.15, 0.2) is 0 Å². The minimum absolute atomic E-state index is 0.115. The van der Waals surface area contributed by atoms with E-state index in [0.29, 0.717) is 6.42 Å². The van der Waals surface area contributed by atoms with Crippen LogP contribution in [0.5, 0.6) is 0 Å². The van der Waals surface area contributed by atoms with Crippen LogP contribution in [0.1, 0.15) is 25.3 Å². The summed E-state index contributed by atoms with van der Waals surface area (Å²) in [7, 11) is 0. The van der Waals surface area contributed by atoms with Gasteiger partial charge in [0.05, 0.1) is 6.42 Å². The lowest BCUT2D eigenvalue weighted by molar-refractivity contribution is -0.160. The highest BCUT2D eigenvalue weighted by Crippen LogP contribution is 2.33. The van der Waals surface area contributed by atoms with Gasteiger partial charge in [-0.05, 0) is 25.3 Å². The van der Waals surface area contributed by atoms with Gasteiger partial charge in [-0.25, -0.2) is 4.39 Å². The highest BCUT2D eigenvalue weighted by molar-refractivity contribution is 5.15. The van der Waals surface area contributed by atoms with E-state index in [1.807, 2.05) is 6.07 Å². The van der Waals surface area contributed by atoms with Gasteiger partial charge in [0.2, 0.25) is 0 Å². The highest BCUT2D eigenvalue weighted by Gasteiger charge is 2.39. The lowest BCUT2D eigenvalue weighted by atomic mass is 9.95. The van der Waals surface area contributed by atoms with Crippen LogP contribution in [0.15, 0.2) is 30.3 Å². The van der Waals surface area contributed by atoms with Crippen LogP contribution in [0.25, 0.3) is 0 Å². The Kier molecular flexibility index (Phi) is 3.94. The van der Waals surface area contributed by atoms with Crippen molar-refractivity contribution in [1.29, 1.82) is 0 Å². The van der Waals surface area contributed by atoms with Crippen LogP contribution in [0.4, 0.5) is 17.6 Å². The molecule has 0 nitrogen and oxygen atoms in total. The van der Waals surface area contributed by atoms with Crippen molar-refractivity contribution in [2.24, 2.45) is 0 Å². The summed E-state index contributed by atoms with van der Waals surface area (Å²) in [6.07, 6.45) is -5.62. The number of hydrogen-bond acceptors (Lipinski definition) is 0. The van der Waals surface area contributed by atoms with Crippen LogP contribution in [-0.2, 0) is 6.42 Å². The predicted octanol–water partition coefficient (Wildman–Crippen LogP) is 4.30. The molecule has 1 aromatic carbocycles. The lowest BCUT2D eigenvalue weighted by Crippen LogP contribution is -2.27. The van der Waals surface area contributed by atoms with Gasteiger partial charge in [-0.3, -0.25) is 0 Å². The third kappa shape index (κ3) is 5.14. The smallest absolute Gasteiger partial charge is 0.244 e. The molecule has 0 aliphatic rings. The van der Waals surface area contributed by atoms with Gasteiger partial charge in [-0.1, -0.05) is 30.3 Å². The van der Waals surface area contributed by atoms with Crippen molar-refractivity contribution in [1.82, 2.24) is 0 Å². The van der Waals surface area contributed by atoms with E-state index in [4.69, 9.17) is 0 Å². The first kappa shape index (κ1) is 13.0.